The molecule has 150 valence electrons. The lowest BCUT2D eigenvalue weighted by Gasteiger charge is -2.29. The maximum Gasteiger partial charge on any atom is 0.270 e. The summed E-state index contributed by atoms with van der Waals surface area (Å²) in [7, 11) is -3.52. The van der Waals surface area contributed by atoms with Gasteiger partial charge in [0.1, 0.15) is 0 Å². The summed E-state index contributed by atoms with van der Waals surface area (Å²) in [6, 6.07) is 14.4. The van der Waals surface area contributed by atoms with E-state index in [1.165, 1.54) is 16.4 Å². The predicted molar refractivity (Wildman–Crippen MR) is 104 cm³/mol. The Balaban J connectivity index is 1.46. The lowest BCUT2D eigenvalue weighted by molar-refractivity contribution is -0.384. The Morgan fingerprint density at radius 2 is 1.79 bits per heavy atom. The first-order valence-corrected chi connectivity index (χ1v) is 10.5. The Labute approximate surface area is 167 Å². The van der Waals surface area contributed by atoms with Crippen molar-refractivity contribution >= 4 is 15.7 Å². The van der Waals surface area contributed by atoms with E-state index < -0.39 is 14.9 Å². The quantitative estimate of drug-likeness (QED) is 0.464. The van der Waals surface area contributed by atoms with E-state index in [0.29, 0.717) is 37.4 Å². The van der Waals surface area contributed by atoms with E-state index in [9.17, 15) is 18.5 Å². The molecule has 0 aliphatic carbocycles. The zero-order valence-electron chi connectivity index (χ0n) is 15.3. The van der Waals surface area contributed by atoms with E-state index in [-0.39, 0.29) is 22.3 Å². The lowest BCUT2D eigenvalue weighted by atomic mass is 9.98. The van der Waals surface area contributed by atoms with Crippen LogP contribution in [0.1, 0.15) is 24.7 Å². The van der Waals surface area contributed by atoms with E-state index in [4.69, 9.17) is 4.52 Å². The third kappa shape index (κ3) is 3.89. The van der Waals surface area contributed by atoms with Crippen molar-refractivity contribution < 1.29 is 17.9 Å². The first-order chi connectivity index (χ1) is 13.9. The summed E-state index contributed by atoms with van der Waals surface area (Å²) in [5.41, 5.74) is 0.451. The molecule has 3 aromatic rings. The number of nitro groups is 1. The Bertz CT molecular complexity index is 1120. The van der Waals surface area contributed by atoms with Crippen LogP contribution in [0.5, 0.6) is 0 Å². The van der Waals surface area contributed by atoms with Gasteiger partial charge < -0.3 is 4.52 Å². The Morgan fingerprint density at radius 3 is 2.48 bits per heavy atom. The lowest BCUT2D eigenvalue weighted by Crippen LogP contribution is -2.37. The monoisotopic (exact) mass is 414 g/mol. The van der Waals surface area contributed by atoms with Crippen LogP contribution in [-0.4, -0.2) is 40.9 Å². The number of hydrogen-bond acceptors (Lipinski definition) is 7. The average Bonchev–Trinajstić information content (AvgIpc) is 3.25. The van der Waals surface area contributed by atoms with Crippen LogP contribution in [-0.2, 0) is 10.0 Å². The second kappa shape index (κ2) is 7.72. The molecule has 2 aromatic carbocycles. The molecule has 2 heterocycles. The number of sulfonamides is 1. The van der Waals surface area contributed by atoms with Gasteiger partial charge in [0.15, 0.2) is 0 Å². The van der Waals surface area contributed by atoms with Crippen LogP contribution < -0.4 is 0 Å². The Kier molecular flexibility index (Phi) is 5.12. The fraction of sp³-hybridized carbons (Fsp3) is 0.263. The number of benzene rings is 2. The standard InChI is InChI=1S/C19H18N4O5S/c24-23(25)16-6-4-5-15(13-16)18-20-19(28-21-18)14-9-11-22(12-10-14)29(26,27)17-7-2-1-3-8-17/h1-8,13-14H,9-12H2. The smallest absolute Gasteiger partial charge is 0.270 e. The van der Waals surface area contributed by atoms with E-state index in [2.05, 4.69) is 10.1 Å². The third-order valence-corrected chi connectivity index (χ3v) is 6.85. The van der Waals surface area contributed by atoms with Crippen molar-refractivity contribution in [3.05, 3.63) is 70.6 Å². The van der Waals surface area contributed by atoms with Gasteiger partial charge in [-0.05, 0) is 25.0 Å². The summed E-state index contributed by atoms with van der Waals surface area (Å²) in [5.74, 6) is 0.642. The summed E-state index contributed by atoms with van der Waals surface area (Å²) >= 11 is 0. The van der Waals surface area contributed by atoms with Gasteiger partial charge in [0.2, 0.25) is 21.7 Å². The van der Waals surface area contributed by atoms with Crippen LogP contribution in [0.15, 0.2) is 64.0 Å². The fourth-order valence-corrected chi connectivity index (χ4v) is 4.85. The van der Waals surface area contributed by atoms with Gasteiger partial charge >= 0.3 is 0 Å². The van der Waals surface area contributed by atoms with E-state index in [0.717, 1.165) is 0 Å². The Hall–Kier alpha value is -3.11. The number of hydrogen-bond donors (Lipinski definition) is 0. The summed E-state index contributed by atoms with van der Waals surface area (Å²) in [6.07, 6.45) is 1.12. The molecular weight excluding hydrogens is 396 g/mol. The minimum Gasteiger partial charge on any atom is -0.339 e. The highest BCUT2D eigenvalue weighted by Crippen LogP contribution is 2.31. The average molecular weight is 414 g/mol. The number of rotatable bonds is 5. The largest absolute Gasteiger partial charge is 0.339 e. The summed E-state index contributed by atoms with van der Waals surface area (Å²) in [6.45, 7) is 0.715. The molecule has 1 aromatic heterocycles. The van der Waals surface area contributed by atoms with Gasteiger partial charge in [-0.25, -0.2) is 8.42 Å². The zero-order valence-corrected chi connectivity index (χ0v) is 16.2. The van der Waals surface area contributed by atoms with Crippen molar-refractivity contribution in [1.29, 1.82) is 0 Å². The highest BCUT2D eigenvalue weighted by molar-refractivity contribution is 7.89. The molecule has 0 saturated carbocycles. The highest BCUT2D eigenvalue weighted by atomic mass is 32.2. The van der Waals surface area contributed by atoms with Crippen LogP contribution in [0.3, 0.4) is 0 Å². The molecule has 0 atom stereocenters. The second-order valence-electron chi connectivity index (χ2n) is 6.76. The number of piperidine rings is 1. The molecule has 29 heavy (non-hydrogen) atoms. The molecule has 9 nitrogen and oxygen atoms in total. The van der Waals surface area contributed by atoms with E-state index in [1.807, 2.05) is 0 Å². The minimum absolute atomic E-state index is 0.0479. The molecule has 1 aliphatic heterocycles. The zero-order chi connectivity index (χ0) is 20.4. The molecule has 0 spiro atoms. The maximum absolute atomic E-state index is 12.7. The molecule has 0 N–H and O–H groups in total. The molecule has 0 unspecified atom stereocenters. The van der Waals surface area contributed by atoms with Gasteiger partial charge in [-0.2, -0.15) is 9.29 Å². The van der Waals surface area contributed by atoms with Gasteiger partial charge in [-0.1, -0.05) is 35.5 Å². The van der Waals surface area contributed by atoms with Crippen molar-refractivity contribution in [3.63, 3.8) is 0 Å². The van der Waals surface area contributed by atoms with Crippen molar-refractivity contribution in [2.45, 2.75) is 23.7 Å². The van der Waals surface area contributed by atoms with Crippen molar-refractivity contribution in [3.8, 4) is 11.4 Å². The molecule has 1 saturated heterocycles. The van der Waals surface area contributed by atoms with Gasteiger partial charge in [-0.15, -0.1) is 0 Å². The van der Waals surface area contributed by atoms with Crippen molar-refractivity contribution in [2.75, 3.05) is 13.1 Å². The first kappa shape index (κ1) is 19.2. The van der Waals surface area contributed by atoms with Crippen LogP contribution in [0.2, 0.25) is 0 Å². The van der Waals surface area contributed by atoms with E-state index >= 15 is 0 Å². The molecular formula is C19H18N4O5S. The maximum atomic E-state index is 12.7. The number of nitrogens with zero attached hydrogens (tertiary/aromatic N) is 4. The van der Waals surface area contributed by atoms with Crippen molar-refractivity contribution in [1.82, 2.24) is 14.4 Å². The third-order valence-electron chi connectivity index (χ3n) is 4.94. The van der Waals surface area contributed by atoms with Gasteiger partial charge in [0.05, 0.1) is 9.82 Å². The predicted octanol–water partition coefficient (Wildman–Crippen LogP) is 3.21. The topological polar surface area (TPSA) is 119 Å². The van der Waals surface area contributed by atoms with Gasteiger partial charge in [0.25, 0.3) is 5.69 Å². The van der Waals surface area contributed by atoms with Crippen LogP contribution in [0, 0.1) is 10.1 Å². The van der Waals surface area contributed by atoms with Crippen molar-refractivity contribution in [2.24, 2.45) is 0 Å². The van der Waals surface area contributed by atoms with Crippen LogP contribution >= 0.6 is 0 Å². The molecule has 10 heteroatoms. The van der Waals surface area contributed by atoms with Gasteiger partial charge in [0, 0.05) is 36.7 Å². The van der Waals surface area contributed by atoms with E-state index in [1.54, 1.807) is 42.5 Å². The minimum atomic E-state index is -3.52. The molecule has 4 rings (SSSR count). The second-order valence-corrected chi connectivity index (χ2v) is 8.69. The normalized spacial score (nSPS) is 16.0. The first-order valence-electron chi connectivity index (χ1n) is 9.09. The highest BCUT2D eigenvalue weighted by Gasteiger charge is 2.32. The number of non-ortho nitro benzene ring substituents is 1. The number of nitro benzene ring substituents is 1. The van der Waals surface area contributed by atoms with Crippen LogP contribution in [0.25, 0.3) is 11.4 Å². The summed E-state index contributed by atoms with van der Waals surface area (Å²) < 4.78 is 32.3. The molecule has 1 fully saturated rings. The van der Waals surface area contributed by atoms with Gasteiger partial charge in [-0.3, -0.25) is 10.1 Å². The molecule has 0 amide bonds. The molecule has 0 bridgehead atoms. The summed E-state index contributed by atoms with van der Waals surface area (Å²) in [4.78, 5) is 15.1. The molecule has 1 aliphatic rings. The van der Waals surface area contributed by atoms with Crippen LogP contribution in [0.4, 0.5) is 5.69 Å². The SMILES string of the molecule is O=[N+]([O-])c1cccc(-c2noc(C3CCN(S(=O)(=O)c4ccccc4)CC3)n2)c1. The fourth-order valence-electron chi connectivity index (χ4n) is 3.36. The molecule has 0 radical (unpaired) electrons. The summed E-state index contributed by atoms with van der Waals surface area (Å²) in [5, 5.41) is 14.9. The number of aromatic nitrogens is 2. The Morgan fingerprint density at radius 1 is 1.07 bits per heavy atom.